The number of likely N-dealkylation sites (tertiary alicyclic amines) is 1. The molecule has 0 atom stereocenters. The third-order valence-corrected chi connectivity index (χ3v) is 8.12. The molecule has 1 saturated heterocycles. The van der Waals surface area contributed by atoms with E-state index < -0.39 is 39.0 Å². The second kappa shape index (κ2) is 10.4. The van der Waals surface area contributed by atoms with Gasteiger partial charge < -0.3 is 18.6 Å². The molecule has 0 spiro atoms. The van der Waals surface area contributed by atoms with Gasteiger partial charge in [0, 0.05) is 46.7 Å². The molecular weight excluding hydrogens is 604 g/mol. The maximum absolute atomic E-state index is 14.1. The van der Waals surface area contributed by atoms with E-state index in [0.717, 1.165) is 17.4 Å². The fraction of sp³-hybridized carbons (Fsp3) is 0.346. The van der Waals surface area contributed by atoms with Crippen LogP contribution in [0.5, 0.6) is 11.6 Å². The van der Waals surface area contributed by atoms with E-state index in [9.17, 15) is 30.8 Å². The molecular formula is C26H24F4N4O6S2. The van der Waals surface area contributed by atoms with Crippen LogP contribution in [0.15, 0.2) is 42.0 Å². The number of aromatic nitrogens is 3. The molecule has 4 aromatic rings. The van der Waals surface area contributed by atoms with Crippen molar-refractivity contribution in [1.29, 1.82) is 0 Å². The SMILES string of the molecule is COc1cc(F)ccc1-c1c(-c2cnn(C3CN(C(=O)OC(C)(C)C)C3)c2)nc(OS(=O)(=O)C(F)(F)F)c2ccsc12. The van der Waals surface area contributed by atoms with Gasteiger partial charge in [-0.1, -0.05) is 0 Å². The minimum absolute atomic E-state index is 0.00246. The number of ether oxygens (including phenoxy) is 2. The number of carbonyl (C=O) groups excluding carboxylic acids is 1. The molecule has 16 heteroatoms. The second-order valence-electron chi connectivity index (χ2n) is 10.4. The largest absolute Gasteiger partial charge is 0.534 e. The summed E-state index contributed by atoms with van der Waals surface area (Å²) in [6, 6.07) is 4.89. The van der Waals surface area contributed by atoms with Crippen LogP contribution in [-0.4, -0.2) is 65.5 Å². The number of benzene rings is 1. The van der Waals surface area contributed by atoms with Gasteiger partial charge in [0.2, 0.25) is 5.88 Å². The van der Waals surface area contributed by atoms with Gasteiger partial charge in [0.05, 0.1) is 30.4 Å². The number of alkyl halides is 3. The van der Waals surface area contributed by atoms with Gasteiger partial charge in [-0.05, 0) is 44.4 Å². The fourth-order valence-corrected chi connectivity index (χ4v) is 5.68. The molecule has 0 radical (unpaired) electrons. The highest BCUT2D eigenvalue weighted by Crippen LogP contribution is 2.46. The number of hydrogen-bond acceptors (Lipinski definition) is 9. The average molecular weight is 629 g/mol. The summed E-state index contributed by atoms with van der Waals surface area (Å²) in [5.41, 5.74) is -5.33. The third kappa shape index (κ3) is 5.60. The zero-order valence-electron chi connectivity index (χ0n) is 22.6. The Balaban J connectivity index is 1.60. The van der Waals surface area contributed by atoms with E-state index in [-0.39, 0.29) is 22.9 Å². The minimum atomic E-state index is -6.05. The molecule has 10 nitrogen and oxygen atoms in total. The van der Waals surface area contributed by atoms with Crippen molar-refractivity contribution < 1.29 is 44.4 Å². The lowest BCUT2D eigenvalue weighted by Gasteiger charge is -2.39. The van der Waals surface area contributed by atoms with Crippen LogP contribution in [0.3, 0.4) is 0 Å². The Morgan fingerprint density at radius 2 is 1.86 bits per heavy atom. The number of methoxy groups -OCH3 is 1. The van der Waals surface area contributed by atoms with E-state index in [0.29, 0.717) is 34.5 Å². The predicted molar refractivity (Wildman–Crippen MR) is 145 cm³/mol. The molecule has 1 aliphatic rings. The Hall–Kier alpha value is -3.92. The van der Waals surface area contributed by atoms with E-state index in [2.05, 4.69) is 14.3 Å². The molecule has 0 unspecified atom stereocenters. The summed E-state index contributed by atoms with van der Waals surface area (Å²) in [4.78, 5) is 18.1. The van der Waals surface area contributed by atoms with Crippen LogP contribution in [0, 0.1) is 5.82 Å². The number of nitrogens with zero attached hydrogens (tertiary/aromatic N) is 4. The van der Waals surface area contributed by atoms with Crippen LogP contribution in [0.1, 0.15) is 26.8 Å². The van der Waals surface area contributed by atoms with Gasteiger partial charge in [0.15, 0.2) is 0 Å². The quantitative estimate of drug-likeness (QED) is 0.145. The molecule has 3 aromatic heterocycles. The van der Waals surface area contributed by atoms with Crippen molar-refractivity contribution in [1.82, 2.24) is 19.7 Å². The highest BCUT2D eigenvalue weighted by molar-refractivity contribution is 7.88. The Morgan fingerprint density at radius 1 is 1.14 bits per heavy atom. The van der Waals surface area contributed by atoms with Crippen molar-refractivity contribution in [3.63, 3.8) is 0 Å². The van der Waals surface area contributed by atoms with Crippen molar-refractivity contribution in [3.05, 3.63) is 47.9 Å². The summed E-state index contributed by atoms with van der Waals surface area (Å²) >= 11 is 1.09. The molecule has 4 heterocycles. The lowest BCUT2D eigenvalue weighted by molar-refractivity contribution is -0.0500. The summed E-state index contributed by atoms with van der Waals surface area (Å²) in [5, 5.41) is 5.89. The molecule has 1 fully saturated rings. The van der Waals surface area contributed by atoms with E-state index in [1.54, 1.807) is 31.6 Å². The van der Waals surface area contributed by atoms with Crippen LogP contribution < -0.4 is 8.92 Å². The first-order chi connectivity index (χ1) is 19.6. The smallest absolute Gasteiger partial charge is 0.496 e. The monoisotopic (exact) mass is 628 g/mol. The van der Waals surface area contributed by atoms with Crippen molar-refractivity contribution >= 4 is 37.6 Å². The normalized spacial score (nSPS) is 14.6. The van der Waals surface area contributed by atoms with E-state index in [1.165, 1.54) is 41.8 Å². The van der Waals surface area contributed by atoms with Crippen LogP contribution >= 0.6 is 11.3 Å². The first-order valence-corrected chi connectivity index (χ1v) is 14.6. The van der Waals surface area contributed by atoms with Gasteiger partial charge >= 0.3 is 21.7 Å². The topological polar surface area (TPSA) is 113 Å². The number of hydrogen-bond donors (Lipinski definition) is 0. The summed E-state index contributed by atoms with van der Waals surface area (Å²) < 4.78 is 94.8. The van der Waals surface area contributed by atoms with Crippen LogP contribution in [0.4, 0.5) is 22.4 Å². The van der Waals surface area contributed by atoms with Crippen molar-refractivity contribution in [2.75, 3.05) is 20.2 Å². The Morgan fingerprint density at radius 3 is 2.50 bits per heavy atom. The van der Waals surface area contributed by atoms with Crippen LogP contribution in [-0.2, 0) is 14.9 Å². The number of rotatable bonds is 6. The summed E-state index contributed by atoms with van der Waals surface area (Å²) in [6.45, 7) is 5.86. The summed E-state index contributed by atoms with van der Waals surface area (Å²) in [6.07, 6.45) is 2.49. The molecule has 0 bridgehead atoms. The highest BCUT2D eigenvalue weighted by atomic mass is 32.2. The molecule has 0 N–H and O–H groups in total. The minimum Gasteiger partial charge on any atom is -0.496 e. The Labute approximate surface area is 241 Å². The van der Waals surface area contributed by atoms with Gasteiger partial charge in [-0.2, -0.15) is 26.7 Å². The van der Waals surface area contributed by atoms with Gasteiger partial charge in [-0.25, -0.2) is 14.2 Å². The molecule has 1 aromatic carbocycles. The van der Waals surface area contributed by atoms with Gasteiger partial charge in [-0.15, -0.1) is 11.3 Å². The second-order valence-corrected chi connectivity index (χ2v) is 12.8. The summed E-state index contributed by atoms with van der Waals surface area (Å²) in [5.74, 6) is -1.25. The van der Waals surface area contributed by atoms with E-state index in [4.69, 9.17) is 9.47 Å². The average Bonchev–Trinajstić information content (AvgIpc) is 3.52. The van der Waals surface area contributed by atoms with Gasteiger partial charge in [0.25, 0.3) is 0 Å². The molecule has 42 heavy (non-hydrogen) atoms. The Bertz CT molecular complexity index is 1770. The highest BCUT2D eigenvalue weighted by Gasteiger charge is 2.49. The lowest BCUT2D eigenvalue weighted by Crippen LogP contribution is -2.52. The maximum Gasteiger partial charge on any atom is 0.534 e. The van der Waals surface area contributed by atoms with Gasteiger partial charge in [0.1, 0.15) is 17.2 Å². The van der Waals surface area contributed by atoms with Gasteiger partial charge in [-0.3, -0.25) is 4.68 Å². The predicted octanol–water partition coefficient (Wildman–Crippen LogP) is 5.99. The van der Waals surface area contributed by atoms with Crippen molar-refractivity contribution in [2.45, 2.75) is 37.9 Å². The number of carbonyl (C=O) groups is 1. The molecule has 0 saturated carbocycles. The summed E-state index contributed by atoms with van der Waals surface area (Å²) in [7, 11) is -4.72. The first-order valence-electron chi connectivity index (χ1n) is 12.4. The van der Waals surface area contributed by atoms with Crippen LogP contribution in [0.2, 0.25) is 0 Å². The number of pyridine rings is 1. The lowest BCUT2D eigenvalue weighted by atomic mass is 9.98. The molecule has 0 aliphatic carbocycles. The Kier molecular flexibility index (Phi) is 7.33. The molecule has 1 aliphatic heterocycles. The third-order valence-electron chi connectivity index (χ3n) is 6.24. The number of fused-ring (bicyclic) bond motifs is 1. The molecule has 1 amide bonds. The maximum atomic E-state index is 14.1. The van der Waals surface area contributed by atoms with E-state index in [1.807, 2.05) is 0 Å². The fourth-order valence-electron chi connectivity index (χ4n) is 4.30. The number of thiophene rings is 1. The zero-order chi connectivity index (χ0) is 30.6. The van der Waals surface area contributed by atoms with Crippen molar-refractivity contribution in [2.24, 2.45) is 0 Å². The molecule has 224 valence electrons. The number of amides is 1. The number of halogens is 4. The molecule has 5 rings (SSSR count). The van der Waals surface area contributed by atoms with Crippen LogP contribution in [0.25, 0.3) is 32.5 Å². The zero-order valence-corrected chi connectivity index (χ0v) is 24.2. The van der Waals surface area contributed by atoms with Crippen molar-refractivity contribution in [3.8, 4) is 34.0 Å². The first kappa shape index (κ1) is 29.6. The standard InChI is InChI=1S/C26H24F4N4O6S2/c1-25(2,3)39-24(35)33-12-16(13-33)34-11-14(10-31-34)21-20(17-6-5-15(27)9-19(17)38-4)22-18(7-8-41-22)23(32-21)40-42(36,37)26(28,29)30/h5-11,16H,12-13H2,1-4H3. The van der Waals surface area contributed by atoms with E-state index >= 15 is 0 Å².